The second-order valence-corrected chi connectivity index (χ2v) is 6.26. The third-order valence-corrected chi connectivity index (χ3v) is 4.86. The van der Waals surface area contributed by atoms with E-state index in [4.69, 9.17) is 0 Å². The van der Waals surface area contributed by atoms with Gasteiger partial charge in [0.15, 0.2) is 0 Å². The highest BCUT2D eigenvalue weighted by Gasteiger charge is 2.37. The molecule has 3 heteroatoms. The van der Waals surface area contributed by atoms with Crippen LogP contribution in [0.5, 0.6) is 0 Å². The van der Waals surface area contributed by atoms with E-state index in [9.17, 15) is 9.18 Å². The van der Waals surface area contributed by atoms with Gasteiger partial charge in [0.1, 0.15) is 5.82 Å². The monoisotopic (exact) mass is 307 g/mol. The van der Waals surface area contributed by atoms with Gasteiger partial charge in [0.25, 0.3) is 5.91 Å². The standard InChI is InChI=1S/C20H18FNO/c21-17-10-8-15(9-11-17)14-4-6-16(7-5-14)20(23)22-18-2-1-3-19(22)13-12-18/h1-2,4-11,18-19H,3,12-13H2. The lowest BCUT2D eigenvalue weighted by molar-refractivity contribution is 0.0689. The Balaban J connectivity index is 1.57. The maximum atomic E-state index is 13.0. The number of carbonyl (C=O) groups excluding carboxylic acids is 1. The van der Waals surface area contributed by atoms with E-state index in [0.29, 0.717) is 6.04 Å². The minimum Gasteiger partial charge on any atom is -0.329 e. The van der Waals surface area contributed by atoms with Gasteiger partial charge in [0.2, 0.25) is 0 Å². The summed E-state index contributed by atoms with van der Waals surface area (Å²) in [6, 6.07) is 14.6. The van der Waals surface area contributed by atoms with Gasteiger partial charge in [-0.05, 0) is 54.7 Å². The van der Waals surface area contributed by atoms with Crippen LogP contribution in [-0.2, 0) is 0 Å². The fraction of sp³-hybridized carbons (Fsp3) is 0.250. The number of fused-ring (bicyclic) bond motifs is 2. The number of carbonyl (C=O) groups is 1. The summed E-state index contributed by atoms with van der Waals surface area (Å²) in [5, 5.41) is 0. The van der Waals surface area contributed by atoms with Crippen molar-refractivity contribution in [2.45, 2.75) is 31.3 Å². The Morgan fingerprint density at radius 2 is 1.61 bits per heavy atom. The molecule has 23 heavy (non-hydrogen) atoms. The van der Waals surface area contributed by atoms with Crippen LogP contribution < -0.4 is 0 Å². The van der Waals surface area contributed by atoms with E-state index < -0.39 is 0 Å². The van der Waals surface area contributed by atoms with Gasteiger partial charge in [-0.1, -0.05) is 36.4 Å². The number of nitrogens with zero attached hydrogens (tertiary/aromatic N) is 1. The molecule has 2 aliphatic rings. The van der Waals surface area contributed by atoms with Crippen molar-refractivity contribution in [1.29, 1.82) is 0 Å². The zero-order chi connectivity index (χ0) is 15.8. The van der Waals surface area contributed by atoms with E-state index in [0.717, 1.165) is 36.0 Å². The molecule has 2 nitrogen and oxygen atoms in total. The maximum absolute atomic E-state index is 13.0. The summed E-state index contributed by atoms with van der Waals surface area (Å²) in [5.41, 5.74) is 2.66. The number of hydrogen-bond donors (Lipinski definition) is 0. The lowest BCUT2D eigenvalue weighted by Gasteiger charge is -2.31. The molecule has 2 atom stereocenters. The molecule has 0 spiro atoms. The van der Waals surface area contributed by atoms with Gasteiger partial charge < -0.3 is 4.90 Å². The predicted molar refractivity (Wildman–Crippen MR) is 88.6 cm³/mol. The van der Waals surface area contributed by atoms with Crippen LogP contribution >= 0.6 is 0 Å². The minimum absolute atomic E-state index is 0.118. The molecule has 2 heterocycles. The molecule has 2 bridgehead atoms. The van der Waals surface area contributed by atoms with Crippen molar-refractivity contribution in [3.63, 3.8) is 0 Å². The fourth-order valence-electron chi connectivity index (χ4n) is 3.64. The van der Waals surface area contributed by atoms with Gasteiger partial charge >= 0.3 is 0 Å². The highest BCUT2D eigenvalue weighted by molar-refractivity contribution is 5.95. The summed E-state index contributed by atoms with van der Waals surface area (Å²) in [6.07, 6.45) is 7.49. The van der Waals surface area contributed by atoms with Crippen molar-refractivity contribution in [1.82, 2.24) is 4.90 Å². The molecule has 0 radical (unpaired) electrons. The van der Waals surface area contributed by atoms with Crippen LogP contribution in [0, 0.1) is 5.82 Å². The van der Waals surface area contributed by atoms with Crippen molar-refractivity contribution < 1.29 is 9.18 Å². The first-order valence-electron chi connectivity index (χ1n) is 8.08. The van der Waals surface area contributed by atoms with Gasteiger partial charge in [-0.25, -0.2) is 4.39 Å². The summed E-state index contributed by atoms with van der Waals surface area (Å²) in [5.74, 6) is -0.123. The van der Waals surface area contributed by atoms with Crippen LogP contribution in [0.15, 0.2) is 60.7 Å². The van der Waals surface area contributed by atoms with Crippen LogP contribution in [0.3, 0.4) is 0 Å². The Hall–Kier alpha value is -2.42. The van der Waals surface area contributed by atoms with E-state index in [2.05, 4.69) is 12.2 Å². The van der Waals surface area contributed by atoms with Crippen molar-refractivity contribution in [3.05, 3.63) is 72.1 Å². The van der Waals surface area contributed by atoms with Gasteiger partial charge in [-0.2, -0.15) is 0 Å². The molecule has 0 aliphatic carbocycles. The predicted octanol–water partition coefficient (Wildman–Crippen LogP) is 4.43. The SMILES string of the molecule is O=C(c1ccc(-c2ccc(F)cc2)cc1)N1C2C=CCC1CC2. The second kappa shape index (κ2) is 5.65. The smallest absolute Gasteiger partial charge is 0.254 e. The van der Waals surface area contributed by atoms with Crippen LogP contribution in [-0.4, -0.2) is 22.9 Å². The van der Waals surface area contributed by atoms with Crippen LogP contribution in [0.1, 0.15) is 29.6 Å². The average molecular weight is 307 g/mol. The van der Waals surface area contributed by atoms with E-state index in [1.807, 2.05) is 29.2 Å². The van der Waals surface area contributed by atoms with Crippen LogP contribution in [0.4, 0.5) is 4.39 Å². The minimum atomic E-state index is -0.242. The first kappa shape index (κ1) is 14.2. The van der Waals surface area contributed by atoms with Crippen molar-refractivity contribution in [2.24, 2.45) is 0 Å². The Bertz CT molecular complexity index is 748. The Morgan fingerprint density at radius 3 is 2.26 bits per heavy atom. The van der Waals surface area contributed by atoms with E-state index in [-0.39, 0.29) is 17.8 Å². The number of hydrogen-bond acceptors (Lipinski definition) is 1. The van der Waals surface area contributed by atoms with Crippen molar-refractivity contribution in [3.8, 4) is 11.1 Å². The third-order valence-electron chi connectivity index (χ3n) is 4.86. The largest absolute Gasteiger partial charge is 0.329 e. The number of benzene rings is 2. The van der Waals surface area contributed by atoms with Crippen LogP contribution in [0.25, 0.3) is 11.1 Å². The molecule has 1 fully saturated rings. The molecule has 2 aromatic carbocycles. The molecule has 0 saturated carbocycles. The van der Waals surface area contributed by atoms with Crippen molar-refractivity contribution >= 4 is 5.91 Å². The summed E-state index contributed by atoms with van der Waals surface area (Å²) in [7, 11) is 0. The summed E-state index contributed by atoms with van der Waals surface area (Å²) >= 11 is 0. The third kappa shape index (κ3) is 2.56. The van der Waals surface area contributed by atoms with E-state index >= 15 is 0 Å². The highest BCUT2D eigenvalue weighted by Crippen LogP contribution is 2.33. The maximum Gasteiger partial charge on any atom is 0.254 e. The average Bonchev–Trinajstić information content (AvgIpc) is 2.84. The first-order valence-corrected chi connectivity index (χ1v) is 8.08. The molecule has 1 amide bonds. The van der Waals surface area contributed by atoms with E-state index in [1.165, 1.54) is 12.1 Å². The normalized spacial score (nSPS) is 22.4. The number of amides is 1. The molecule has 0 N–H and O–H groups in total. The lowest BCUT2D eigenvalue weighted by Crippen LogP contribution is -2.42. The molecule has 0 aromatic heterocycles. The summed E-state index contributed by atoms with van der Waals surface area (Å²) in [4.78, 5) is 14.8. The molecule has 2 unspecified atom stereocenters. The Labute approximate surface area is 135 Å². The molecule has 2 aliphatic heterocycles. The fourth-order valence-corrected chi connectivity index (χ4v) is 3.64. The second-order valence-electron chi connectivity index (χ2n) is 6.26. The highest BCUT2D eigenvalue weighted by atomic mass is 19.1. The van der Waals surface area contributed by atoms with Gasteiger partial charge in [0, 0.05) is 11.6 Å². The molecular weight excluding hydrogens is 289 g/mol. The zero-order valence-electron chi connectivity index (χ0n) is 12.8. The molecule has 4 rings (SSSR count). The van der Waals surface area contributed by atoms with Gasteiger partial charge in [-0.3, -0.25) is 4.79 Å². The van der Waals surface area contributed by atoms with Crippen molar-refractivity contribution in [2.75, 3.05) is 0 Å². The summed E-state index contributed by atoms with van der Waals surface area (Å²) in [6.45, 7) is 0. The first-order chi connectivity index (χ1) is 11.2. The molecule has 2 aromatic rings. The lowest BCUT2D eigenvalue weighted by atomic mass is 10.0. The molecular formula is C20H18FNO. The quantitative estimate of drug-likeness (QED) is 0.752. The summed E-state index contributed by atoms with van der Waals surface area (Å²) < 4.78 is 13.0. The topological polar surface area (TPSA) is 20.3 Å². The Morgan fingerprint density at radius 1 is 0.957 bits per heavy atom. The van der Waals surface area contributed by atoms with E-state index in [1.54, 1.807) is 12.1 Å². The molecule has 116 valence electrons. The zero-order valence-corrected chi connectivity index (χ0v) is 12.8. The van der Waals surface area contributed by atoms with Crippen LogP contribution in [0.2, 0.25) is 0 Å². The number of rotatable bonds is 2. The number of halogens is 1. The molecule has 1 saturated heterocycles. The van der Waals surface area contributed by atoms with Gasteiger partial charge in [0.05, 0.1) is 6.04 Å². The Kier molecular flexibility index (Phi) is 3.49. The van der Waals surface area contributed by atoms with Gasteiger partial charge in [-0.15, -0.1) is 0 Å².